The number of benzene rings is 2. The van der Waals surface area contributed by atoms with Crippen molar-refractivity contribution >= 4 is 17.7 Å². The Bertz CT molecular complexity index is 959. The third-order valence-corrected chi connectivity index (χ3v) is 5.09. The van der Waals surface area contributed by atoms with Crippen molar-refractivity contribution in [3.8, 4) is 11.4 Å². The average Bonchev–Trinajstić information content (AvgIpc) is 3.02. The number of nitrogen functional groups attached to an aromatic ring is 1. The number of amides is 1. The number of carbonyl (C=O) groups is 1. The third kappa shape index (κ3) is 4.46. The maximum Gasteiger partial charge on any atom is 0.233 e. The maximum atomic E-state index is 13.4. The fraction of sp³-hybridized carbons (Fsp3) is 0.211. The average molecular weight is 385 g/mol. The molecule has 0 atom stereocenters. The van der Waals surface area contributed by atoms with E-state index in [-0.39, 0.29) is 17.5 Å². The molecule has 0 spiro atoms. The first kappa shape index (κ1) is 18.9. The minimum atomic E-state index is -0.377. The molecule has 2 N–H and O–H groups in total. The fourth-order valence-electron chi connectivity index (χ4n) is 2.57. The quantitative estimate of drug-likeness (QED) is 0.522. The zero-order valence-electron chi connectivity index (χ0n) is 15.1. The molecule has 0 bridgehead atoms. The summed E-state index contributed by atoms with van der Waals surface area (Å²) in [7, 11) is 1.76. The van der Waals surface area contributed by atoms with Crippen LogP contribution in [0.3, 0.4) is 0 Å². The van der Waals surface area contributed by atoms with Gasteiger partial charge in [0.05, 0.1) is 5.75 Å². The van der Waals surface area contributed by atoms with Gasteiger partial charge in [-0.15, -0.1) is 10.2 Å². The van der Waals surface area contributed by atoms with Gasteiger partial charge in [0, 0.05) is 19.2 Å². The molecule has 1 aromatic heterocycles. The Hall–Kier alpha value is -2.87. The van der Waals surface area contributed by atoms with Crippen LogP contribution in [0.2, 0.25) is 0 Å². The van der Waals surface area contributed by atoms with E-state index in [0.29, 0.717) is 23.1 Å². The van der Waals surface area contributed by atoms with Gasteiger partial charge < -0.3 is 10.7 Å². The summed E-state index contributed by atoms with van der Waals surface area (Å²) in [6.07, 6.45) is 0. The van der Waals surface area contributed by atoms with Crippen LogP contribution in [0.25, 0.3) is 11.4 Å². The summed E-state index contributed by atoms with van der Waals surface area (Å²) in [5.74, 6) is 6.12. The predicted octanol–water partition coefficient (Wildman–Crippen LogP) is 2.86. The maximum absolute atomic E-state index is 13.4. The number of nitrogens with two attached hydrogens (primary N) is 1. The Morgan fingerprint density at radius 1 is 1.22 bits per heavy atom. The number of halogens is 1. The number of rotatable bonds is 6. The van der Waals surface area contributed by atoms with E-state index in [4.69, 9.17) is 5.84 Å². The lowest BCUT2D eigenvalue weighted by atomic mass is 10.1. The van der Waals surface area contributed by atoms with Crippen molar-refractivity contribution in [2.75, 3.05) is 18.6 Å². The molecule has 1 amide bonds. The summed E-state index contributed by atoms with van der Waals surface area (Å²) < 4.78 is 14.7. The van der Waals surface area contributed by atoms with Crippen LogP contribution in [0.15, 0.2) is 53.7 Å². The van der Waals surface area contributed by atoms with Crippen LogP contribution in [0, 0.1) is 12.7 Å². The van der Waals surface area contributed by atoms with E-state index in [1.807, 2.05) is 31.2 Å². The highest BCUT2D eigenvalue weighted by Gasteiger charge is 2.16. The first-order valence-electron chi connectivity index (χ1n) is 8.33. The molecule has 0 unspecified atom stereocenters. The number of carbonyl (C=O) groups excluding carboxylic acids is 1. The predicted molar refractivity (Wildman–Crippen MR) is 104 cm³/mol. The minimum Gasteiger partial charge on any atom is -0.341 e. The van der Waals surface area contributed by atoms with Crippen LogP contribution in [-0.4, -0.2) is 38.5 Å². The van der Waals surface area contributed by atoms with Gasteiger partial charge in [-0.2, -0.15) is 0 Å². The highest BCUT2D eigenvalue weighted by Crippen LogP contribution is 2.22. The van der Waals surface area contributed by atoms with E-state index in [1.54, 1.807) is 24.1 Å². The van der Waals surface area contributed by atoms with Crippen LogP contribution in [0.1, 0.15) is 11.1 Å². The smallest absolute Gasteiger partial charge is 0.233 e. The van der Waals surface area contributed by atoms with E-state index < -0.39 is 0 Å². The molecule has 1 heterocycles. The lowest BCUT2D eigenvalue weighted by Crippen LogP contribution is -2.28. The van der Waals surface area contributed by atoms with Crippen LogP contribution in [0.4, 0.5) is 4.39 Å². The summed E-state index contributed by atoms with van der Waals surface area (Å²) in [5, 5.41) is 8.41. The van der Waals surface area contributed by atoms with E-state index in [9.17, 15) is 9.18 Å². The monoisotopic (exact) mass is 385 g/mol. The second kappa shape index (κ2) is 8.22. The second-order valence-corrected chi connectivity index (χ2v) is 7.09. The number of aromatic nitrogens is 3. The Morgan fingerprint density at radius 3 is 2.74 bits per heavy atom. The van der Waals surface area contributed by atoms with Crippen LogP contribution in [-0.2, 0) is 11.3 Å². The van der Waals surface area contributed by atoms with Crippen molar-refractivity contribution < 1.29 is 9.18 Å². The topological polar surface area (TPSA) is 77.0 Å². The molecular weight excluding hydrogens is 365 g/mol. The normalized spacial score (nSPS) is 10.8. The molecule has 3 rings (SSSR count). The highest BCUT2D eigenvalue weighted by atomic mass is 32.2. The summed E-state index contributed by atoms with van der Waals surface area (Å²) in [6, 6.07) is 13.9. The minimum absolute atomic E-state index is 0.0430. The number of thioether (sulfide) groups is 1. The van der Waals surface area contributed by atoms with Crippen molar-refractivity contribution in [1.29, 1.82) is 0 Å². The van der Waals surface area contributed by atoms with E-state index in [0.717, 1.165) is 11.1 Å². The van der Waals surface area contributed by atoms with Gasteiger partial charge in [-0.05, 0) is 30.2 Å². The summed E-state index contributed by atoms with van der Waals surface area (Å²) >= 11 is 1.20. The lowest BCUT2D eigenvalue weighted by molar-refractivity contribution is -0.127. The Labute approximate surface area is 161 Å². The van der Waals surface area contributed by atoms with Crippen molar-refractivity contribution in [3.05, 3.63) is 65.5 Å². The summed E-state index contributed by atoms with van der Waals surface area (Å²) in [5.41, 5.74) is 2.78. The zero-order chi connectivity index (χ0) is 19.4. The van der Waals surface area contributed by atoms with Gasteiger partial charge in [-0.25, -0.2) is 9.07 Å². The molecule has 0 aliphatic heterocycles. The van der Waals surface area contributed by atoms with Gasteiger partial charge >= 0.3 is 0 Å². The number of nitrogens with zero attached hydrogens (tertiary/aromatic N) is 4. The highest BCUT2D eigenvalue weighted by molar-refractivity contribution is 7.99. The molecule has 6 nitrogen and oxygen atoms in total. The molecule has 27 heavy (non-hydrogen) atoms. The standard InChI is InChI=1S/C19H20FN5OS/c1-13-6-3-4-7-15(13)11-24(2)17(26)12-27-19-23-22-18(25(19)21)14-8-5-9-16(20)10-14/h3-10H,11-12,21H2,1-2H3. The Kier molecular flexibility index (Phi) is 5.75. The zero-order valence-corrected chi connectivity index (χ0v) is 15.9. The van der Waals surface area contributed by atoms with Crippen molar-refractivity contribution in [1.82, 2.24) is 19.8 Å². The third-order valence-electron chi connectivity index (χ3n) is 4.17. The number of hydrogen-bond acceptors (Lipinski definition) is 5. The Morgan fingerprint density at radius 2 is 2.00 bits per heavy atom. The number of hydrogen-bond donors (Lipinski definition) is 1. The second-order valence-electron chi connectivity index (χ2n) is 6.15. The van der Waals surface area contributed by atoms with Crippen LogP contribution in [0.5, 0.6) is 0 Å². The molecule has 0 aliphatic rings. The van der Waals surface area contributed by atoms with Gasteiger partial charge in [-0.1, -0.05) is 48.2 Å². The van der Waals surface area contributed by atoms with E-state index in [1.165, 1.54) is 28.6 Å². The molecule has 140 valence electrons. The lowest BCUT2D eigenvalue weighted by Gasteiger charge is -2.18. The molecule has 3 aromatic rings. The van der Waals surface area contributed by atoms with E-state index in [2.05, 4.69) is 10.2 Å². The van der Waals surface area contributed by atoms with Gasteiger partial charge in [0.15, 0.2) is 5.82 Å². The van der Waals surface area contributed by atoms with Crippen LogP contribution >= 0.6 is 11.8 Å². The molecule has 0 saturated heterocycles. The molecule has 2 aromatic carbocycles. The fourth-order valence-corrected chi connectivity index (χ4v) is 3.36. The summed E-state index contributed by atoms with van der Waals surface area (Å²) in [6.45, 7) is 2.56. The molecule has 0 saturated carbocycles. The SMILES string of the molecule is Cc1ccccc1CN(C)C(=O)CSc1nnc(-c2cccc(F)c2)n1N. The van der Waals surface area contributed by atoms with Gasteiger partial charge in [-0.3, -0.25) is 4.79 Å². The van der Waals surface area contributed by atoms with Crippen molar-refractivity contribution in [3.63, 3.8) is 0 Å². The van der Waals surface area contributed by atoms with Crippen LogP contribution < -0.4 is 5.84 Å². The molecule has 8 heteroatoms. The summed E-state index contributed by atoms with van der Waals surface area (Å²) in [4.78, 5) is 14.1. The Balaban J connectivity index is 1.63. The molecule has 0 aliphatic carbocycles. The number of aryl methyl sites for hydroxylation is 1. The van der Waals surface area contributed by atoms with Gasteiger partial charge in [0.1, 0.15) is 5.82 Å². The van der Waals surface area contributed by atoms with E-state index >= 15 is 0 Å². The van der Waals surface area contributed by atoms with Crippen molar-refractivity contribution in [2.24, 2.45) is 0 Å². The first-order valence-corrected chi connectivity index (χ1v) is 9.32. The van der Waals surface area contributed by atoms with Crippen molar-refractivity contribution in [2.45, 2.75) is 18.6 Å². The largest absolute Gasteiger partial charge is 0.341 e. The van der Waals surface area contributed by atoms with Gasteiger partial charge in [0.2, 0.25) is 11.1 Å². The van der Waals surface area contributed by atoms with Gasteiger partial charge in [0.25, 0.3) is 0 Å². The molecule has 0 radical (unpaired) electrons. The molecule has 0 fully saturated rings. The molecular formula is C19H20FN5OS. The first-order chi connectivity index (χ1) is 13.0.